The van der Waals surface area contributed by atoms with Crippen molar-refractivity contribution in [1.29, 1.82) is 0 Å². The number of benzene rings is 1. The van der Waals surface area contributed by atoms with Crippen LogP contribution in [0.5, 0.6) is 0 Å². The highest BCUT2D eigenvalue weighted by Crippen LogP contribution is 2.19. The molecule has 0 saturated carbocycles. The van der Waals surface area contributed by atoms with Gasteiger partial charge in [0.1, 0.15) is 0 Å². The highest BCUT2D eigenvalue weighted by atomic mass is 79.9. The second kappa shape index (κ2) is 5.45. The first-order valence-corrected chi connectivity index (χ1v) is 6.07. The molecule has 0 radical (unpaired) electrons. The summed E-state index contributed by atoms with van der Waals surface area (Å²) in [7, 11) is 0. The van der Waals surface area contributed by atoms with Crippen LogP contribution in [-0.2, 0) is 11.2 Å². The number of halogens is 2. The predicted octanol–water partition coefficient (Wildman–Crippen LogP) is 1.94. The van der Waals surface area contributed by atoms with Crippen LogP contribution in [0.3, 0.4) is 0 Å². The number of carbonyl (C=O) groups is 2. The van der Waals surface area contributed by atoms with Gasteiger partial charge in [0.15, 0.2) is 0 Å². The van der Waals surface area contributed by atoms with Crippen LogP contribution in [0.15, 0.2) is 22.7 Å². The second-order valence-electron chi connectivity index (χ2n) is 3.23. The fourth-order valence-electron chi connectivity index (χ4n) is 1.20. The van der Waals surface area contributed by atoms with Crippen molar-refractivity contribution in [2.24, 2.45) is 5.73 Å². The van der Waals surface area contributed by atoms with Crippen LogP contribution in [0.25, 0.3) is 0 Å². The molecule has 0 bridgehead atoms. The number of alkyl halides is 1. The molecule has 0 aromatic heterocycles. The number of primary amides is 1. The third-order valence-corrected chi connectivity index (χ3v) is 3.16. The van der Waals surface area contributed by atoms with Crippen LogP contribution in [0, 0.1) is 0 Å². The summed E-state index contributed by atoms with van der Waals surface area (Å²) in [5.74, 6) is -1.48. The van der Waals surface area contributed by atoms with E-state index in [9.17, 15) is 9.59 Å². The Kier molecular flexibility index (Phi) is 4.49. The lowest BCUT2D eigenvalue weighted by Gasteiger charge is -2.07. The summed E-state index contributed by atoms with van der Waals surface area (Å²) in [6.07, 6.45) is 0.356. The number of hydrogen-bond acceptors (Lipinski definition) is 2. The van der Waals surface area contributed by atoms with Gasteiger partial charge in [0, 0.05) is 4.47 Å². The summed E-state index contributed by atoms with van der Waals surface area (Å²) in [6.45, 7) is 0. The molecule has 0 heterocycles. The smallest absolute Gasteiger partial charge is 0.335 e. The zero-order chi connectivity index (χ0) is 12.3. The Hall–Kier alpha value is -0.880. The van der Waals surface area contributed by atoms with Crippen molar-refractivity contribution in [3.8, 4) is 0 Å². The Balaban J connectivity index is 2.97. The summed E-state index contributed by atoms with van der Waals surface area (Å²) in [6, 6.07) is 4.77. The molecular formula is C10H9Br2NO3. The SMILES string of the molecule is NC(=O)C(Br)Cc1cc(Br)cc(C(=O)O)c1. The van der Waals surface area contributed by atoms with Crippen molar-refractivity contribution in [3.63, 3.8) is 0 Å². The van der Waals surface area contributed by atoms with Crippen LogP contribution in [0.4, 0.5) is 0 Å². The summed E-state index contributed by atoms with van der Waals surface area (Å²) in [5, 5.41) is 8.85. The van der Waals surface area contributed by atoms with Gasteiger partial charge in [-0.3, -0.25) is 4.79 Å². The van der Waals surface area contributed by atoms with Crippen molar-refractivity contribution in [3.05, 3.63) is 33.8 Å². The second-order valence-corrected chi connectivity index (χ2v) is 5.25. The molecule has 0 aliphatic rings. The van der Waals surface area contributed by atoms with Gasteiger partial charge in [-0.15, -0.1) is 0 Å². The van der Waals surface area contributed by atoms with E-state index in [1.807, 2.05) is 0 Å². The van der Waals surface area contributed by atoms with Gasteiger partial charge < -0.3 is 10.8 Å². The van der Waals surface area contributed by atoms with E-state index in [-0.39, 0.29) is 5.56 Å². The van der Waals surface area contributed by atoms with Crippen molar-refractivity contribution < 1.29 is 14.7 Å². The third kappa shape index (κ3) is 3.61. The van der Waals surface area contributed by atoms with Gasteiger partial charge in [-0.1, -0.05) is 31.9 Å². The zero-order valence-corrected chi connectivity index (χ0v) is 11.3. The van der Waals surface area contributed by atoms with E-state index in [4.69, 9.17) is 10.8 Å². The normalized spacial score (nSPS) is 12.1. The van der Waals surface area contributed by atoms with Gasteiger partial charge in [0.2, 0.25) is 5.91 Å². The molecule has 0 spiro atoms. The van der Waals surface area contributed by atoms with Gasteiger partial charge in [0.25, 0.3) is 0 Å². The van der Waals surface area contributed by atoms with E-state index in [1.165, 1.54) is 12.1 Å². The van der Waals surface area contributed by atoms with Crippen LogP contribution in [0.1, 0.15) is 15.9 Å². The molecule has 1 atom stereocenters. The summed E-state index contributed by atoms with van der Waals surface area (Å²) in [5.41, 5.74) is 6.01. The fraction of sp³-hybridized carbons (Fsp3) is 0.200. The van der Waals surface area contributed by atoms with E-state index in [1.54, 1.807) is 6.07 Å². The number of rotatable bonds is 4. The molecule has 0 fully saturated rings. The summed E-state index contributed by atoms with van der Waals surface area (Å²) in [4.78, 5) is 21.2. The van der Waals surface area contributed by atoms with Gasteiger partial charge in [-0.05, 0) is 30.2 Å². The van der Waals surface area contributed by atoms with Crippen LogP contribution >= 0.6 is 31.9 Å². The molecule has 1 aromatic carbocycles. The molecule has 16 heavy (non-hydrogen) atoms. The zero-order valence-electron chi connectivity index (χ0n) is 8.11. The van der Waals surface area contributed by atoms with E-state index >= 15 is 0 Å². The predicted molar refractivity (Wildman–Crippen MR) is 66.7 cm³/mol. The molecule has 4 nitrogen and oxygen atoms in total. The summed E-state index contributed by atoms with van der Waals surface area (Å²) < 4.78 is 0.659. The van der Waals surface area contributed by atoms with E-state index in [0.717, 1.165) is 5.56 Å². The van der Waals surface area contributed by atoms with Crippen molar-refractivity contribution in [2.45, 2.75) is 11.2 Å². The van der Waals surface area contributed by atoms with E-state index < -0.39 is 16.7 Å². The number of amides is 1. The number of carbonyl (C=O) groups excluding carboxylic acids is 1. The number of carboxylic acids is 1. The first-order valence-electron chi connectivity index (χ1n) is 4.36. The highest BCUT2D eigenvalue weighted by molar-refractivity contribution is 9.10. The monoisotopic (exact) mass is 349 g/mol. The van der Waals surface area contributed by atoms with Gasteiger partial charge in [0.05, 0.1) is 10.4 Å². The largest absolute Gasteiger partial charge is 0.478 e. The maximum atomic E-state index is 10.9. The average Bonchev–Trinajstić information content (AvgIpc) is 2.16. The first kappa shape index (κ1) is 13.2. The van der Waals surface area contributed by atoms with Gasteiger partial charge in [-0.25, -0.2) is 4.79 Å². The minimum absolute atomic E-state index is 0.175. The van der Waals surface area contributed by atoms with Crippen LogP contribution in [-0.4, -0.2) is 21.8 Å². The lowest BCUT2D eigenvalue weighted by atomic mass is 10.1. The van der Waals surface area contributed by atoms with Crippen molar-refractivity contribution in [1.82, 2.24) is 0 Å². The molecule has 1 rings (SSSR count). The Morgan fingerprint density at radius 2 is 2.00 bits per heavy atom. The van der Waals surface area contributed by atoms with Gasteiger partial charge in [-0.2, -0.15) is 0 Å². The van der Waals surface area contributed by atoms with Crippen molar-refractivity contribution in [2.75, 3.05) is 0 Å². The Bertz CT molecular complexity index is 434. The van der Waals surface area contributed by atoms with Crippen LogP contribution in [0.2, 0.25) is 0 Å². The molecule has 3 N–H and O–H groups in total. The third-order valence-electron chi connectivity index (χ3n) is 1.93. The topological polar surface area (TPSA) is 80.4 Å². The number of aromatic carboxylic acids is 1. The molecule has 6 heteroatoms. The number of hydrogen-bond donors (Lipinski definition) is 2. The highest BCUT2D eigenvalue weighted by Gasteiger charge is 2.13. The molecule has 0 aliphatic heterocycles. The number of nitrogens with two attached hydrogens (primary N) is 1. The molecule has 1 unspecified atom stereocenters. The molecule has 1 aromatic rings. The first-order chi connectivity index (χ1) is 7.40. The quantitative estimate of drug-likeness (QED) is 0.814. The molecule has 86 valence electrons. The van der Waals surface area contributed by atoms with Gasteiger partial charge >= 0.3 is 5.97 Å². The molecule has 0 saturated heterocycles. The minimum Gasteiger partial charge on any atom is -0.478 e. The molecule has 1 amide bonds. The molecular weight excluding hydrogens is 342 g/mol. The van der Waals surface area contributed by atoms with Crippen molar-refractivity contribution >= 4 is 43.7 Å². The lowest BCUT2D eigenvalue weighted by molar-refractivity contribution is -0.117. The Morgan fingerprint density at radius 1 is 1.38 bits per heavy atom. The maximum Gasteiger partial charge on any atom is 0.335 e. The molecule has 0 aliphatic carbocycles. The standard InChI is InChI=1S/C10H9Br2NO3/c11-7-2-5(3-8(12)9(13)14)1-6(4-7)10(15)16/h1-2,4,8H,3H2,(H2,13,14)(H,15,16). The minimum atomic E-state index is -1.01. The number of carboxylic acid groups (broad SMARTS) is 1. The average molecular weight is 351 g/mol. The Morgan fingerprint density at radius 3 is 2.50 bits per heavy atom. The summed E-state index contributed by atoms with van der Waals surface area (Å²) >= 11 is 6.34. The van der Waals surface area contributed by atoms with E-state index in [0.29, 0.717) is 10.9 Å². The van der Waals surface area contributed by atoms with E-state index in [2.05, 4.69) is 31.9 Å². The maximum absolute atomic E-state index is 10.9. The Labute approximate surface area is 109 Å². The van der Waals surface area contributed by atoms with Crippen LogP contribution < -0.4 is 5.73 Å². The lowest BCUT2D eigenvalue weighted by Crippen LogP contribution is -2.25. The fourth-order valence-corrected chi connectivity index (χ4v) is 2.11.